The van der Waals surface area contributed by atoms with Gasteiger partial charge in [-0.1, -0.05) is 0 Å². The summed E-state index contributed by atoms with van der Waals surface area (Å²) in [6, 6.07) is 0. The largest absolute Gasteiger partial charge is 0.394 e. The third kappa shape index (κ3) is 22.1. The molecule has 30 rings (SSSR count). The molecule has 0 spiro atoms. The fourth-order valence-electron chi connectivity index (χ4n) is 13.6. The molecule has 44 heteroatoms. The highest BCUT2D eigenvalue weighted by Gasteiger charge is 2.60. The maximum Gasteiger partial charge on any atom is 0.187 e. The van der Waals surface area contributed by atoms with Crippen LogP contribution in [-0.4, -0.2) is 473 Å². The standard InChI is InChI=1S/C63H110O44/c1-20(67)10-87-15-29-52-37(75)44(82)59(95-29)101-49-25(72)6-34(92-26(49)7-64)100-50-27(8-65)93-57(42(80)35(50)73)103-53-30(16-88-11-21(2)68)97-61(46(84)39(53)77)106-55-32(18-90-13-23(4)70)99-63(48(86)41(55)79)107-56-33(19-91-14-24(5)71)98-62(47(85)40(56)78)105-54-31(17-89-12-22(3)69)96-60(45(83)38(54)76)102-51-28(9-66)94-58(104-52)43(81)36(51)74/h20-86H,6-19H2,1-5H3/t20?,21?,22?,23?,24?,25-,26-,27-,28-,29-,30-,31-,32-,33-,34-,35-,36-,37-,38-,39-,40-,41-,42-,43-,44-,45-,46-,47-,48-,49+,50-,51-,52-,53-,54-,55-,56-,57-,58-,59-,60-,61-,62-,63-/m1/s1. The molecule has 626 valence electrons. The van der Waals surface area contributed by atoms with Crippen molar-refractivity contribution in [1.29, 1.82) is 0 Å². The molecule has 0 radical (unpaired) electrons. The van der Waals surface area contributed by atoms with Crippen molar-refractivity contribution in [3.8, 4) is 0 Å². The fourth-order valence-corrected chi connectivity index (χ4v) is 13.6. The molecule has 30 aliphatic heterocycles. The first-order valence-electron chi connectivity index (χ1n) is 35.6. The van der Waals surface area contributed by atoms with Crippen molar-refractivity contribution in [2.24, 2.45) is 0 Å². The second-order valence-electron chi connectivity index (χ2n) is 28.4. The highest BCUT2D eigenvalue weighted by molar-refractivity contribution is 5.02. The Kier molecular flexibility index (Phi) is 33.9. The van der Waals surface area contributed by atoms with Gasteiger partial charge in [0.25, 0.3) is 0 Å². The van der Waals surface area contributed by atoms with Crippen molar-refractivity contribution < 1.29 is 217 Å². The summed E-state index contributed by atoms with van der Waals surface area (Å²) in [6.45, 7) is -1.34. The maximum absolute atomic E-state index is 12.1. The highest BCUT2D eigenvalue weighted by Crippen LogP contribution is 2.40. The molecule has 16 bridgehead atoms. The molecule has 44 nitrogen and oxygen atoms in total. The number of rotatable bonds is 23. The molecule has 0 aromatic carbocycles. The molecule has 0 aromatic rings. The molecule has 0 amide bonds. The Labute approximate surface area is 612 Å². The molecule has 30 heterocycles. The number of hydrogen-bond donors (Lipinski definition) is 23. The van der Waals surface area contributed by atoms with E-state index in [4.69, 9.17) is 99.5 Å². The molecule has 0 saturated carbocycles. The molecule has 107 heavy (non-hydrogen) atoms. The maximum atomic E-state index is 12.1. The Morgan fingerprint density at radius 2 is 0.411 bits per heavy atom. The predicted molar refractivity (Wildman–Crippen MR) is 337 cm³/mol. The molecular weight excluding hydrogens is 1460 g/mol. The summed E-state index contributed by atoms with van der Waals surface area (Å²) in [6.07, 6.45) is -83.0. The molecule has 30 saturated heterocycles. The van der Waals surface area contributed by atoms with Crippen LogP contribution in [0.25, 0.3) is 0 Å². The number of ether oxygens (including phenoxy) is 21. The zero-order valence-corrected chi connectivity index (χ0v) is 59.2. The average Bonchev–Trinajstić information content (AvgIpc) is 0.777. The molecule has 0 aromatic heterocycles. The molecule has 30 fully saturated rings. The Morgan fingerprint density at radius 1 is 0.234 bits per heavy atom. The molecule has 30 aliphatic rings. The Bertz CT molecular complexity index is 2560. The van der Waals surface area contributed by atoms with Gasteiger partial charge in [-0.15, -0.1) is 0 Å². The van der Waals surface area contributed by atoms with Gasteiger partial charge in [-0.3, -0.25) is 0 Å². The fraction of sp³-hybridized carbons (Fsp3) is 1.00. The number of aliphatic hydroxyl groups is 23. The van der Waals surface area contributed by atoms with E-state index in [2.05, 4.69) is 0 Å². The van der Waals surface area contributed by atoms with E-state index in [1.54, 1.807) is 0 Å². The van der Waals surface area contributed by atoms with Crippen LogP contribution in [0, 0.1) is 0 Å². The molecule has 44 atom stereocenters. The summed E-state index contributed by atoms with van der Waals surface area (Å²) in [4.78, 5) is 0. The highest BCUT2D eigenvalue weighted by atomic mass is 16.8. The first-order valence-corrected chi connectivity index (χ1v) is 35.6. The first kappa shape index (κ1) is 89.2. The van der Waals surface area contributed by atoms with E-state index in [9.17, 15) is 117 Å². The van der Waals surface area contributed by atoms with Crippen LogP contribution >= 0.6 is 0 Å². The third-order valence-electron chi connectivity index (χ3n) is 19.1. The quantitative estimate of drug-likeness (QED) is 0.0452. The van der Waals surface area contributed by atoms with Gasteiger partial charge in [0, 0.05) is 6.42 Å². The van der Waals surface area contributed by atoms with Crippen LogP contribution in [0.5, 0.6) is 0 Å². The molecule has 5 unspecified atom stereocenters. The summed E-state index contributed by atoms with van der Waals surface area (Å²) in [7, 11) is 0. The Hall–Kier alpha value is -1.76. The molecule has 23 N–H and O–H groups in total. The van der Waals surface area contributed by atoms with Gasteiger partial charge in [0.2, 0.25) is 0 Å². The smallest absolute Gasteiger partial charge is 0.187 e. The zero-order chi connectivity index (χ0) is 78.2. The predicted octanol–water partition coefficient (Wildman–Crippen LogP) is -14.4. The lowest BCUT2D eigenvalue weighted by Crippen LogP contribution is -2.68. The Balaban J connectivity index is 1.04. The normalized spacial score (nSPS) is 48.5. The third-order valence-corrected chi connectivity index (χ3v) is 19.1. The second-order valence-corrected chi connectivity index (χ2v) is 28.4. The van der Waals surface area contributed by atoms with E-state index in [0.717, 1.165) is 0 Å². The van der Waals surface area contributed by atoms with Crippen molar-refractivity contribution >= 4 is 0 Å². The van der Waals surface area contributed by atoms with E-state index in [-0.39, 0.29) is 19.8 Å². The van der Waals surface area contributed by atoms with Gasteiger partial charge < -0.3 is 217 Å². The minimum atomic E-state index is -2.26. The van der Waals surface area contributed by atoms with E-state index in [0.29, 0.717) is 0 Å². The van der Waals surface area contributed by atoms with Gasteiger partial charge in [-0.2, -0.15) is 0 Å². The zero-order valence-electron chi connectivity index (χ0n) is 59.2. The minimum Gasteiger partial charge on any atom is -0.394 e. The summed E-state index contributed by atoms with van der Waals surface area (Å²) in [5.74, 6) is 0. The molecule has 0 aliphatic carbocycles. The van der Waals surface area contributed by atoms with E-state index >= 15 is 0 Å². The van der Waals surface area contributed by atoms with Crippen LogP contribution in [0.1, 0.15) is 41.0 Å². The second kappa shape index (κ2) is 40.7. The van der Waals surface area contributed by atoms with Gasteiger partial charge in [0.15, 0.2) is 50.3 Å². The van der Waals surface area contributed by atoms with Gasteiger partial charge >= 0.3 is 0 Å². The monoisotopic (exact) mass is 1570 g/mol. The van der Waals surface area contributed by atoms with E-state index in [1.165, 1.54) is 34.6 Å². The van der Waals surface area contributed by atoms with Crippen LogP contribution in [0.15, 0.2) is 0 Å². The average molecular weight is 1570 g/mol. The van der Waals surface area contributed by atoms with Gasteiger partial charge in [-0.25, -0.2) is 0 Å². The topological polar surface area (TPSA) is 659 Å². The van der Waals surface area contributed by atoms with Crippen molar-refractivity contribution in [1.82, 2.24) is 0 Å². The summed E-state index contributed by atoms with van der Waals surface area (Å²) in [5.41, 5.74) is 0. The summed E-state index contributed by atoms with van der Waals surface area (Å²) in [5, 5.41) is 260. The SMILES string of the molecule is CC(O)COC[C@H]1O[C@@H]2O[C@H]3[C@H](O)[C@@H](O)[C@@H](O[C@H]4[C@H](O)[C@@H](O)[C@@H](O[C@H]5[C@H](O)[C@@H](O)[C@@H](O[C@H]6[C@H](O)[C@@H](O)[C@@H](O[C@H]7[C@H](O)[C@@H](O)[C@@H](O[C@H]8[C@H](O)C[C@@H](O[C@H]9[C@H](O)[C@@H](O)[C@@H](O[C@H]1[C@H](O)[C@H]2O)O[C@@H]9CO)O[C@@H]8CO)O[C@@H]7COCC(C)O)O[C@@H]6CO)O[C@@H]5COCC(C)O)O[C@@H]4COCC(C)O)O[C@@H]3COCC(C)O. The lowest BCUT2D eigenvalue weighted by molar-refractivity contribution is -0.402. The van der Waals surface area contributed by atoms with Crippen molar-refractivity contribution in [3.05, 3.63) is 0 Å². The van der Waals surface area contributed by atoms with Gasteiger partial charge in [0.05, 0.1) is 123 Å². The summed E-state index contributed by atoms with van der Waals surface area (Å²) >= 11 is 0. The lowest BCUT2D eigenvalue weighted by Gasteiger charge is -2.50. The van der Waals surface area contributed by atoms with Crippen LogP contribution < -0.4 is 0 Å². The lowest BCUT2D eigenvalue weighted by atomic mass is 9.95. The van der Waals surface area contributed by atoms with Crippen molar-refractivity contribution in [2.45, 2.75) is 311 Å². The number of aliphatic hydroxyl groups excluding tert-OH is 23. The Morgan fingerprint density at radius 3 is 0.617 bits per heavy atom. The van der Waals surface area contributed by atoms with Crippen molar-refractivity contribution in [3.63, 3.8) is 0 Å². The van der Waals surface area contributed by atoms with E-state index < -0.39 is 343 Å². The van der Waals surface area contributed by atoms with Crippen LogP contribution in [0.3, 0.4) is 0 Å². The minimum absolute atomic E-state index is 0.363. The van der Waals surface area contributed by atoms with Gasteiger partial charge in [-0.05, 0) is 34.6 Å². The van der Waals surface area contributed by atoms with Crippen LogP contribution in [0.2, 0.25) is 0 Å². The molecular formula is C63H110O44. The van der Waals surface area contributed by atoms with E-state index in [1.807, 2.05) is 0 Å². The number of hydrogen-bond acceptors (Lipinski definition) is 44. The van der Waals surface area contributed by atoms with Crippen LogP contribution in [0.4, 0.5) is 0 Å². The summed E-state index contributed by atoms with van der Waals surface area (Å²) < 4.78 is 125. The van der Waals surface area contributed by atoms with Crippen LogP contribution in [-0.2, 0) is 99.5 Å². The van der Waals surface area contributed by atoms with Crippen molar-refractivity contribution in [2.75, 3.05) is 85.9 Å². The van der Waals surface area contributed by atoms with Gasteiger partial charge in [0.1, 0.15) is 183 Å². The first-order chi connectivity index (χ1) is 50.7.